The van der Waals surface area contributed by atoms with Crippen molar-refractivity contribution in [2.24, 2.45) is 0 Å². The van der Waals surface area contributed by atoms with Gasteiger partial charge in [-0.3, -0.25) is 0 Å². The summed E-state index contributed by atoms with van der Waals surface area (Å²) in [4.78, 5) is 10.7. The highest BCUT2D eigenvalue weighted by atomic mass is 16.5. The van der Waals surface area contributed by atoms with Crippen molar-refractivity contribution < 1.29 is 14.6 Å². The zero-order chi connectivity index (χ0) is 14.0. The first-order valence-corrected chi connectivity index (χ1v) is 6.55. The maximum absolute atomic E-state index is 10.7. The van der Waals surface area contributed by atoms with Gasteiger partial charge in [-0.15, -0.1) is 0 Å². The second-order valence-corrected chi connectivity index (χ2v) is 5.55. The van der Waals surface area contributed by atoms with Gasteiger partial charge in [0.25, 0.3) is 0 Å². The van der Waals surface area contributed by atoms with Crippen LogP contribution in [0.15, 0.2) is 30.4 Å². The van der Waals surface area contributed by atoms with Crippen molar-refractivity contribution in [3.05, 3.63) is 47.0 Å². The van der Waals surface area contributed by atoms with Gasteiger partial charge in [-0.1, -0.05) is 38.1 Å². The maximum atomic E-state index is 10.7. The molecule has 0 atom stereocenters. The van der Waals surface area contributed by atoms with Crippen LogP contribution in [0.4, 0.5) is 0 Å². The predicted molar refractivity (Wildman–Crippen MR) is 74.5 cm³/mol. The lowest BCUT2D eigenvalue weighted by Crippen LogP contribution is -2.45. The highest BCUT2D eigenvalue weighted by molar-refractivity contribution is 5.80. The summed E-state index contributed by atoms with van der Waals surface area (Å²) < 4.78 is 5.34. The van der Waals surface area contributed by atoms with Crippen LogP contribution in [0.2, 0.25) is 0 Å². The van der Waals surface area contributed by atoms with Gasteiger partial charge in [0, 0.05) is 6.08 Å². The van der Waals surface area contributed by atoms with Crippen LogP contribution in [0.5, 0.6) is 0 Å². The maximum Gasteiger partial charge on any atom is 0.328 e. The van der Waals surface area contributed by atoms with E-state index in [1.54, 1.807) is 6.08 Å². The Morgan fingerprint density at radius 2 is 2.11 bits per heavy atom. The molecule has 3 heteroatoms. The molecule has 3 nitrogen and oxygen atoms in total. The van der Waals surface area contributed by atoms with Gasteiger partial charge >= 0.3 is 5.97 Å². The molecule has 1 N–H and O–H groups in total. The van der Waals surface area contributed by atoms with Crippen LogP contribution >= 0.6 is 0 Å². The molecule has 0 radical (unpaired) electrons. The summed E-state index contributed by atoms with van der Waals surface area (Å²) in [6, 6.07) is 6.44. The van der Waals surface area contributed by atoms with E-state index in [1.807, 2.05) is 0 Å². The summed E-state index contributed by atoms with van der Waals surface area (Å²) in [6.07, 6.45) is 3.00. The molecule has 0 aliphatic carbocycles. The molecular weight excluding hydrogens is 240 g/mol. The molecule has 0 aromatic heterocycles. The molecule has 0 unspecified atom stereocenters. The number of aliphatic carboxylic acids is 1. The average Bonchev–Trinajstić information content (AvgIpc) is 2.29. The molecule has 1 aromatic rings. The SMILES string of the molecule is Cc1ccc(C(C)C)cc1C1(/C=C/C(=O)O)COC1. The van der Waals surface area contributed by atoms with Crippen LogP contribution in [0.25, 0.3) is 0 Å². The molecule has 19 heavy (non-hydrogen) atoms. The summed E-state index contributed by atoms with van der Waals surface area (Å²) in [5, 5.41) is 8.83. The first-order valence-electron chi connectivity index (χ1n) is 6.55. The van der Waals surface area contributed by atoms with Gasteiger partial charge in [-0.05, 0) is 29.5 Å². The molecule has 0 amide bonds. The summed E-state index contributed by atoms with van der Waals surface area (Å²) in [5.41, 5.74) is 3.37. The van der Waals surface area contributed by atoms with Gasteiger partial charge < -0.3 is 9.84 Å². The van der Waals surface area contributed by atoms with Crippen LogP contribution in [0.1, 0.15) is 36.5 Å². The van der Waals surface area contributed by atoms with Crippen LogP contribution in [-0.4, -0.2) is 24.3 Å². The van der Waals surface area contributed by atoms with E-state index < -0.39 is 5.97 Å². The Labute approximate surface area is 113 Å². The van der Waals surface area contributed by atoms with Gasteiger partial charge in [0.2, 0.25) is 0 Å². The van der Waals surface area contributed by atoms with Crippen molar-refractivity contribution in [2.75, 3.05) is 13.2 Å². The van der Waals surface area contributed by atoms with Gasteiger partial charge in [-0.2, -0.15) is 0 Å². The molecular formula is C16H20O3. The average molecular weight is 260 g/mol. The number of hydrogen-bond acceptors (Lipinski definition) is 2. The second kappa shape index (κ2) is 5.17. The van der Waals surface area contributed by atoms with Crippen LogP contribution < -0.4 is 0 Å². The third-order valence-corrected chi connectivity index (χ3v) is 3.73. The molecule has 2 rings (SSSR count). The second-order valence-electron chi connectivity index (χ2n) is 5.55. The Morgan fingerprint density at radius 3 is 2.58 bits per heavy atom. The van der Waals surface area contributed by atoms with Gasteiger partial charge in [0.15, 0.2) is 0 Å². The number of carbonyl (C=O) groups is 1. The van der Waals surface area contributed by atoms with E-state index in [0.29, 0.717) is 19.1 Å². The molecule has 0 bridgehead atoms. The number of ether oxygens (including phenoxy) is 1. The monoisotopic (exact) mass is 260 g/mol. The minimum absolute atomic E-state index is 0.270. The van der Waals surface area contributed by atoms with Gasteiger partial charge in [0.05, 0.1) is 18.6 Å². The largest absolute Gasteiger partial charge is 0.478 e. The summed E-state index contributed by atoms with van der Waals surface area (Å²) in [6.45, 7) is 7.49. The van der Waals surface area contributed by atoms with E-state index >= 15 is 0 Å². The van der Waals surface area contributed by atoms with Crippen molar-refractivity contribution in [1.82, 2.24) is 0 Å². The molecule has 0 saturated carbocycles. The third kappa shape index (κ3) is 2.71. The molecule has 1 heterocycles. The predicted octanol–water partition coefficient (Wildman–Crippen LogP) is 3.03. The zero-order valence-electron chi connectivity index (χ0n) is 11.6. The van der Waals surface area contributed by atoms with E-state index in [2.05, 4.69) is 39.0 Å². The molecule has 1 aromatic carbocycles. The molecule has 1 fully saturated rings. The summed E-state index contributed by atoms with van der Waals surface area (Å²) in [5.74, 6) is -0.454. The van der Waals surface area contributed by atoms with Crippen molar-refractivity contribution in [3.8, 4) is 0 Å². The number of benzene rings is 1. The van der Waals surface area contributed by atoms with Gasteiger partial charge in [0.1, 0.15) is 0 Å². The molecule has 0 spiro atoms. The summed E-state index contributed by atoms with van der Waals surface area (Å²) in [7, 11) is 0. The van der Waals surface area contributed by atoms with Crippen molar-refractivity contribution in [3.63, 3.8) is 0 Å². The fourth-order valence-corrected chi connectivity index (χ4v) is 2.43. The fraction of sp³-hybridized carbons (Fsp3) is 0.438. The van der Waals surface area contributed by atoms with E-state index in [4.69, 9.17) is 9.84 Å². The topological polar surface area (TPSA) is 46.5 Å². The molecule has 1 aliphatic rings. The Balaban J connectivity index is 2.43. The van der Waals surface area contributed by atoms with Crippen molar-refractivity contribution in [2.45, 2.75) is 32.1 Å². The lowest BCUT2D eigenvalue weighted by atomic mass is 9.75. The number of hydrogen-bond donors (Lipinski definition) is 1. The zero-order valence-corrected chi connectivity index (χ0v) is 11.6. The van der Waals surface area contributed by atoms with Crippen molar-refractivity contribution in [1.29, 1.82) is 0 Å². The third-order valence-electron chi connectivity index (χ3n) is 3.73. The Morgan fingerprint density at radius 1 is 1.42 bits per heavy atom. The number of carboxylic acids is 1. The standard InChI is InChI=1S/C16H20O3/c1-11(2)13-5-4-12(3)14(8-13)16(9-19-10-16)7-6-15(17)18/h4-8,11H,9-10H2,1-3H3,(H,17,18)/b7-6+. The lowest BCUT2D eigenvalue weighted by molar-refractivity contribution is -0.131. The fourth-order valence-electron chi connectivity index (χ4n) is 2.43. The number of aryl methyl sites for hydroxylation is 1. The van der Waals surface area contributed by atoms with E-state index in [-0.39, 0.29) is 5.41 Å². The lowest BCUT2D eigenvalue weighted by Gasteiger charge is -2.40. The summed E-state index contributed by atoms with van der Waals surface area (Å²) >= 11 is 0. The van der Waals surface area contributed by atoms with Crippen molar-refractivity contribution >= 4 is 5.97 Å². The number of rotatable bonds is 4. The Bertz CT molecular complexity index is 511. The first-order chi connectivity index (χ1) is 8.94. The normalized spacial score (nSPS) is 17.7. The Kier molecular flexibility index (Phi) is 3.76. The smallest absolute Gasteiger partial charge is 0.328 e. The van der Waals surface area contributed by atoms with Crippen LogP contribution in [0.3, 0.4) is 0 Å². The highest BCUT2D eigenvalue weighted by Crippen LogP contribution is 2.37. The minimum atomic E-state index is -0.913. The molecule has 1 saturated heterocycles. The Hall–Kier alpha value is -1.61. The van der Waals surface area contributed by atoms with Crippen LogP contribution in [0, 0.1) is 6.92 Å². The van der Waals surface area contributed by atoms with E-state index in [0.717, 1.165) is 0 Å². The number of carboxylic acid groups (broad SMARTS) is 1. The highest BCUT2D eigenvalue weighted by Gasteiger charge is 2.39. The first kappa shape index (κ1) is 13.8. The van der Waals surface area contributed by atoms with Gasteiger partial charge in [-0.25, -0.2) is 4.79 Å². The quantitative estimate of drug-likeness (QED) is 0.846. The van der Waals surface area contributed by atoms with E-state index in [1.165, 1.54) is 22.8 Å². The van der Waals surface area contributed by atoms with Crippen LogP contribution in [-0.2, 0) is 14.9 Å². The van der Waals surface area contributed by atoms with E-state index in [9.17, 15) is 4.79 Å². The molecule has 102 valence electrons. The minimum Gasteiger partial charge on any atom is -0.478 e. The molecule has 1 aliphatic heterocycles.